The number of halogens is 1. The van der Waals surface area contributed by atoms with Crippen molar-refractivity contribution in [1.29, 1.82) is 0 Å². The van der Waals surface area contributed by atoms with E-state index in [9.17, 15) is 9.18 Å². The molecule has 0 radical (unpaired) electrons. The summed E-state index contributed by atoms with van der Waals surface area (Å²) in [6, 6.07) is 11.1. The number of carbonyl (C=O) groups is 1. The smallest absolute Gasteiger partial charge is 0.255 e. The molecule has 3 rings (SSSR count). The van der Waals surface area contributed by atoms with Crippen LogP contribution in [0.25, 0.3) is 0 Å². The first-order chi connectivity index (χ1) is 12.4. The van der Waals surface area contributed by atoms with Crippen LogP contribution in [-0.2, 0) is 6.61 Å². The topological polar surface area (TPSA) is 64.4 Å². The average Bonchev–Trinajstić information content (AvgIpc) is 2.94. The molecule has 1 aromatic heterocycles. The first kappa shape index (κ1) is 17.7. The maximum absolute atomic E-state index is 13.4. The van der Waals surface area contributed by atoms with Crippen molar-refractivity contribution in [2.75, 3.05) is 5.32 Å². The first-order valence-corrected chi connectivity index (χ1v) is 8.16. The van der Waals surface area contributed by atoms with Crippen molar-refractivity contribution < 1.29 is 18.4 Å². The molecule has 5 nitrogen and oxygen atoms in total. The maximum Gasteiger partial charge on any atom is 0.255 e. The molecule has 0 aliphatic carbocycles. The fraction of sp³-hybridized carbons (Fsp3) is 0.200. The van der Waals surface area contributed by atoms with Crippen LogP contribution >= 0.6 is 0 Å². The van der Waals surface area contributed by atoms with Crippen molar-refractivity contribution in [3.05, 3.63) is 76.4 Å². The van der Waals surface area contributed by atoms with Crippen LogP contribution < -0.4 is 10.1 Å². The van der Waals surface area contributed by atoms with E-state index in [4.69, 9.17) is 9.26 Å². The van der Waals surface area contributed by atoms with Gasteiger partial charge in [0.1, 0.15) is 23.9 Å². The second kappa shape index (κ2) is 7.39. The molecule has 1 amide bonds. The zero-order valence-electron chi connectivity index (χ0n) is 14.8. The summed E-state index contributed by atoms with van der Waals surface area (Å²) >= 11 is 0. The zero-order chi connectivity index (χ0) is 18.7. The van der Waals surface area contributed by atoms with Crippen LogP contribution in [0.1, 0.15) is 32.9 Å². The normalized spacial score (nSPS) is 10.6. The Morgan fingerprint density at radius 1 is 1.19 bits per heavy atom. The number of ether oxygens (including phenoxy) is 1. The monoisotopic (exact) mass is 354 g/mol. The van der Waals surface area contributed by atoms with Crippen LogP contribution in [-0.4, -0.2) is 11.1 Å². The van der Waals surface area contributed by atoms with Crippen molar-refractivity contribution in [3.63, 3.8) is 0 Å². The van der Waals surface area contributed by atoms with Gasteiger partial charge in [-0.15, -0.1) is 0 Å². The minimum absolute atomic E-state index is 0.301. The van der Waals surface area contributed by atoms with Crippen molar-refractivity contribution in [2.24, 2.45) is 0 Å². The van der Waals surface area contributed by atoms with E-state index < -0.39 is 5.82 Å². The number of hydrogen-bond acceptors (Lipinski definition) is 4. The van der Waals surface area contributed by atoms with E-state index in [-0.39, 0.29) is 5.91 Å². The molecule has 26 heavy (non-hydrogen) atoms. The van der Waals surface area contributed by atoms with Gasteiger partial charge in [0.2, 0.25) is 0 Å². The highest BCUT2D eigenvalue weighted by molar-refractivity contribution is 6.04. The predicted octanol–water partition coefficient (Wildman–Crippen LogP) is 4.57. The lowest BCUT2D eigenvalue weighted by Crippen LogP contribution is -2.13. The lowest BCUT2D eigenvalue weighted by Gasteiger charge is -2.10. The average molecular weight is 354 g/mol. The molecule has 0 saturated carbocycles. The Morgan fingerprint density at radius 3 is 2.73 bits per heavy atom. The second-order valence-electron chi connectivity index (χ2n) is 6.03. The third-order valence-electron chi connectivity index (χ3n) is 4.11. The van der Waals surface area contributed by atoms with Crippen LogP contribution in [0.3, 0.4) is 0 Å². The second-order valence-corrected chi connectivity index (χ2v) is 6.03. The standard InChI is InChI=1S/C20H19FN2O3/c1-12-7-8-16(21)10-19(12)22-20(24)15-5-4-6-17(9-15)25-11-18-13(2)23-26-14(18)3/h4-10H,11H2,1-3H3,(H,22,24). The van der Waals surface area contributed by atoms with E-state index in [1.807, 2.05) is 13.8 Å². The first-order valence-electron chi connectivity index (χ1n) is 8.16. The number of amides is 1. The highest BCUT2D eigenvalue weighted by atomic mass is 19.1. The summed E-state index contributed by atoms with van der Waals surface area (Å²) in [5.41, 5.74) is 3.31. The SMILES string of the molecule is Cc1ccc(F)cc1NC(=O)c1cccc(OCc2c(C)noc2C)c1. The molecule has 6 heteroatoms. The van der Waals surface area contributed by atoms with Crippen LogP contribution in [0, 0.1) is 26.6 Å². The van der Waals surface area contributed by atoms with E-state index in [2.05, 4.69) is 10.5 Å². The lowest BCUT2D eigenvalue weighted by molar-refractivity contribution is 0.102. The number of hydrogen-bond donors (Lipinski definition) is 1. The number of anilines is 1. The summed E-state index contributed by atoms with van der Waals surface area (Å²) in [6.07, 6.45) is 0. The minimum Gasteiger partial charge on any atom is -0.489 e. The summed E-state index contributed by atoms with van der Waals surface area (Å²) in [4.78, 5) is 12.5. The van der Waals surface area contributed by atoms with Gasteiger partial charge >= 0.3 is 0 Å². The van der Waals surface area contributed by atoms with Gasteiger partial charge in [0, 0.05) is 11.3 Å². The fourth-order valence-electron chi connectivity index (χ4n) is 2.51. The van der Waals surface area contributed by atoms with Gasteiger partial charge < -0.3 is 14.6 Å². The van der Waals surface area contributed by atoms with E-state index in [1.54, 1.807) is 37.3 Å². The van der Waals surface area contributed by atoms with E-state index in [1.165, 1.54) is 12.1 Å². The Kier molecular flexibility index (Phi) is 5.02. The quantitative estimate of drug-likeness (QED) is 0.729. The van der Waals surface area contributed by atoms with Crippen LogP contribution in [0.2, 0.25) is 0 Å². The molecule has 0 fully saturated rings. The van der Waals surface area contributed by atoms with Gasteiger partial charge in [-0.05, 0) is 56.7 Å². The summed E-state index contributed by atoms with van der Waals surface area (Å²) < 4.78 is 24.2. The third kappa shape index (κ3) is 3.91. The van der Waals surface area contributed by atoms with Crippen molar-refractivity contribution in [1.82, 2.24) is 5.16 Å². The number of nitrogens with one attached hydrogen (secondary N) is 1. The van der Waals surface area contributed by atoms with Crippen molar-refractivity contribution in [2.45, 2.75) is 27.4 Å². The molecule has 134 valence electrons. The molecule has 0 bridgehead atoms. The Labute approximate surface area is 150 Å². The van der Waals surface area contributed by atoms with Gasteiger partial charge in [0.15, 0.2) is 0 Å². The van der Waals surface area contributed by atoms with Gasteiger partial charge in [-0.2, -0.15) is 0 Å². The van der Waals surface area contributed by atoms with Crippen LogP contribution in [0.4, 0.5) is 10.1 Å². The van der Waals surface area contributed by atoms with E-state index in [0.717, 1.165) is 16.8 Å². The number of carbonyl (C=O) groups excluding carboxylic acids is 1. The van der Waals surface area contributed by atoms with Gasteiger partial charge in [0.05, 0.1) is 11.3 Å². The number of rotatable bonds is 5. The minimum atomic E-state index is -0.401. The maximum atomic E-state index is 13.4. The lowest BCUT2D eigenvalue weighted by atomic mass is 10.1. The van der Waals surface area contributed by atoms with Gasteiger partial charge in [0.25, 0.3) is 5.91 Å². The number of aromatic nitrogens is 1. The summed E-state index contributed by atoms with van der Waals surface area (Å²) in [7, 11) is 0. The highest BCUT2D eigenvalue weighted by Gasteiger charge is 2.12. The molecule has 0 aliphatic rings. The van der Waals surface area contributed by atoms with Crippen LogP contribution in [0.15, 0.2) is 47.0 Å². The number of aryl methyl sites for hydroxylation is 3. The largest absolute Gasteiger partial charge is 0.489 e. The molecule has 3 aromatic rings. The molecule has 0 atom stereocenters. The Hall–Kier alpha value is -3.15. The van der Waals surface area contributed by atoms with Gasteiger partial charge in [-0.25, -0.2) is 4.39 Å². The van der Waals surface area contributed by atoms with Gasteiger partial charge in [-0.1, -0.05) is 17.3 Å². The van der Waals surface area contributed by atoms with Crippen LogP contribution in [0.5, 0.6) is 5.75 Å². The highest BCUT2D eigenvalue weighted by Crippen LogP contribution is 2.21. The molecular formula is C20H19FN2O3. The molecule has 0 spiro atoms. The summed E-state index contributed by atoms with van der Waals surface area (Å²) in [6.45, 7) is 5.78. The van der Waals surface area contributed by atoms with Crippen molar-refractivity contribution >= 4 is 11.6 Å². The molecule has 1 N–H and O–H groups in total. The van der Waals surface area contributed by atoms with Crippen molar-refractivity contribution in [3.8, 4) is 5.75 Å². The molecule has 2 aromatic carbocycles. The third-order valence-corrected chi connectivity index (χ3v) is 4.11. The summed E-state index contributed by atoms with van der Waals surface area (Å²) in [5.74, 6) is 0.524. The number of benzene rings is 2. The molecular weight excluding hydrogens is 335 g/mol. The van der Waals surface area contributed by atoms with Gasteiger partial charge in [-0.3, -0.25) is 4.79 Å². The Morgan fingerprint density at radius 2 is 2.00 bits per heavy atom. The fourth-order valence-corrected chi connectivity index (χ4v) is 2.51. The summed E-state index contributed by atoms with van der Waals surface area (Å²) in [5, 5.41) is 6.61. The van der Waals surface area contributed by atoms with E-state index >= 15 is 0 Å². The molecule has 0 unspecified atom stereocenters. The zero-order valence-corrected chi connectivity index (χ0v) is 14.8. The predicted molar refractivity (Wildman–Crippen MR) is 95.8 cm³/mol. The molecule has 0 saturated heterocycles. The van der Waals surface area contributed by atoms with E-state index in [0.29, 0.717) is 29.4 Å². The Balaban J connectivity index is 1.72. The molecule has 1 heterocycles. The molecule has 0 aliphatic heterocycles. The number of nitrogens with zero attached hydrogens (tertiary/aromatic N) is 1. The Bertz CT molecular complexity index is 930.